The molecule has 0 bridgehead atoms. The third-order valence-corrected chi connectivity index (χ3v) is 3.70. The third kappa shape index (κ3) is 4.86. The molecule has 0 aliphatic carbocycles. The van der Waals surface area contributed by atoms with Gasteiger partial charge in [-0.25, -0.2) is 0 Å². The number of anilines is 1. The number of benzene rings is 1. The Balaban J connectivity index is 2.26. The number of Topliss-reactive ketones (excluding diaryl/α,β-unsaturated/α-hetero) is 1. The van der Waals surface area contributed by atoms with Crippen molar-refractivity contribution in [3.63, 3.8) is 0 Å². The first-order chi connectivity index (χ1) is 12.4. The topological polar surface area (TPSA) is 91.3 Å². The molecule has 1 N–H and O–H groups in total. The number of nitrogens with one attached hydrogen (secondary N) is 1. The van der Waals surface area contributed by atoms with Crippen LogP contribution in [0.2, 0.25) is 5.02 Å². The largest absolute Gasteiger partial charge is 0.417 e. The average molecular weight is 399 g/mol. The lowest BCUT2D eigenvalue weighted by atomic mass is 9.93. The van der Waals surface area contributed by atoms with Crippen molar-refractivity contribution in [2.45, 2.75) is 32.4 Å². The van der Waals surface area contributed by atoms with Crippen molar-refractivity contribution >= 4 is 28.8 Å². The monoisotopic (exact) mass is 398 g/mol. The highest BCUT2D eigenvalue weighted by Crippen LogP contribution is 2.36. The summed E-state index contributed by atoms with van der Waals surface area (Å²) in [5, 5.41) is 15.8. The molecule has 2 aromatic rings. The summed E-state index contributed by atoms with van der Waals surface area (Å²) in [4.78, 5) is 12.3. The summed E-state index contributed by atoms with van der Waals surface area (Å²) in [5.74, 6) is -0.391. The maximum atomic E-state index is 12.9. The first-order valence-electron chi connectivity index (χ1n) is 7.56. The first-order valence-corrected chi connectivity index (χ1v) is 7.93. The zero-order chi connectivity index (χ0) is 20.4. The van der Waals surface area contributed by atoms with Crippen LogP contribution in [0.3, 0.4) is 0 Å². The molecule has 1 aromatic heterocycles. The maximum Gasteiger partial charge on any atom is 0.417 e. The van der Waals surface area contributed by atoms with E-state index in [9.17, 15) is 18.0 Å². The van der Waals surface area contributed by atoms with Gasteiger partial charge >= 0.3 is 6.18 Å². The van der Waals surface area contributed by atoms with Crippen molar-refractivity contribution in [1.82, 2.24) is 5.16 Å². The number of halogens is 4. The fraction of sp³-hybridized carbons (Fsp3) is 0.294. The van der Waals surface area contributed by atoms with Crippen LogP contribution >= 0.6 is 11.6 Å². The Morgan fingerprint density at radius 3 is 2.48 bits per heavy atom. The number of nitriles is 1. The summed E-state index contributed by atoms with van der Waals surface area (Å²) in [6, 6.07) is 5.95. The standard InChI is InChI=1S/C17H14ClF3N4O2/c1-16(2,3)14-7-12(25-27-14)15(26)13(8-22)24-23-9-4-5-11(18)10(6-9)17(19,20)21/h4-7,23H,1-3H3/b24-13+. The van der Waals surface area contributed by atoms with E-state index in [1.165, 1.54) is 12.1 Å². The van der Waals surface area contributed by atoms with Gasteiger partial charge in [0.05, 0.1) is 16.3 Å². The van der Waals surface area contributed by atoms with Crippen molar-refractivity contribution in [2.75, 3.05) is 5.43 Å². The van der Waals surface area contributed by atoms with E-state index in [0.29, 0.717) is 5.76 Å². The Morgan fingerprint density at radius 2 is 1.96 bits per heavy atom. The molecule has 0 atom stereocenters. The minimum atomic E-state index is -4.66. The molecule has 10 heteroatoms. The number of hydrogen-bond acceptors (Lipinski definition) is 6. The highest BCUT2D eigenvalue weighted by atomic mass is 35.5. The van der Waals surface area contributed by atoms with Crippen molar-refractivity contribution in [3.8, 4) is 6.07 Å². The smallest absolute Gasteiger partial charge is 0.360 e. The zero-order valence-electron chi connectivity index (χ0n) is 14.5. The molecule has 0 saturated carbocycles. The number of hydrogen-bond donors (Lipinski definition) is 1. The molecule has 2 rings (SSSR count). The lowest BCUT2D eigenvalue weighted by molar-refractivity contribution is -0.137. The minimum absolute atomic E-state index is 0.0946. The molecule has 0 fully saturated rings. The Labute approximate surface area is 157 Å². The van der Waals surface area contributed by atoms with Gasteiger partial charge < -0.3 is 4.52 Å². The van der Waals surface area contributed by atoms with Crippen molar-refractivity contribution in [1.29, 1.82) is 5.26 Å². The molecular formula is C17H14ClF3N4O2. The van der Waals surface area contributed by atoms with Gasteiger partial charge in [-0.2, -0.15) is 23.5 Å². The van der Waals surface area contributed by atoms with Gasteiger partial charge in [0.25, 0.3) is 0 Å². The summed E-state index contributed by atoms with van der Waals surface area (Å²) in [6.45, 7) is 5.55. The van der Waals surface area contributed by atoms with Gasteiger partial charge in [0.1, 0.15) is 11.8 Å². The normalized spacial score (nSPS) is 12.6. The van der Waals surface area contributed by atoms with Crippen molar-refractivity contribution in [2.24, 2.45) is 5.10 Å². The molecule has 0 spiro atoms. The van der Waals surface area contributed by atoms with E-state index in [1.807, 2.05) is 20.8 Å². The quantitative estimate of drug-likeness (QED) is 0.453. The second kappa shape index (κ2) is 7.40. The van der Waals surface area contributed by atoms with Crippen LogP contribution in [-0.2, 0) is 11.6 Å². The SMILES string of the molecule is CC(C)(C)c1cc(C(=O)/C(C#N)=N/Nc2ccc(Cl)c(C(F)(F)F)c2)no1. The van der Waals surface area contributed by atoms with Gasteiger partial charge in [-0.05, 0) is 18.2 Å². The lowest BCUT2D eigenvalue weighted by Crippen LogP contribution is -2.15. The number of aromatic nitrogens is 1. The van der Waals surface area contributed by atoms with E-state index in [2.05, 4.69) is 15.7 Å². The molecule has 0 radical (unpaired) electrons. The average Bonchev–Trinajstić information content (AvgIpc) is 3.05. The summed E-state index contributed by atoms with van der Waals surface area (Å²) in [6.07, 6.45) is -4.66. The summed E-state index contributed by atoms with van der Waals surface area (Å²) < 4.78 is 43.7. The summed E-state index contributed by atoms with van der Waals surface area (Å²) >= 11 is 5.53. The molecule has 0 aliphatic heterocycles. The number of rotatable bonds is 4. The van der Waals surface area contributed by atoms with Crippen LogP contribution < -0.4 is 5.43 Å². The van der Waals surface area contributed by atoms with E-state index in [0.717, 1.165) is 12.1 Å². The van der Waals surface area contributed by atoms with Gasteiger partial charge in [-0.15, -0.1) is 0 Å². The van der Waals surface area contributed by atoms with Crippen LogP contribution in [0, 0.1) is 11.3 Å². The molecule has 0 aliphatic rings. The molecule has 142 valence electrons. The van der Waals surface area contributed by atoms with Gasteiger partial charge in [0, 0.05) is 11.5 Å². The van der Waals surface area contributed by atoms with Gasteiger partial charge in [-0.3, -0.25) is 10.2 Å². The molecule has 1 aromatic carbocycles. The highest BCUT2D eigenvalue weighted by Gasteiger charge is 2.33. The van der Waals surface area contributed by atoms with E-state index >= 15 is 0 Å². The number of nitrogens with zero attached hydrogens (tertiary/aromatic N) is 3. The van der Waals surface area contributed by atoms with E-state index in [1.54, 1.807) is 6.07 Å². The second-order valence-corrected chi connectivity index (χ2v) is 6.94. The lowest BCUT2D eigenvalue weighted by Gasteiger charge is -2.12. The third-order valence-electron chi connectivity index (χ3n) is 3.37. The van der Waals surface area contributed by atoms with E-state index in [-0.39, 0.29) is 11.4 Å². The van der Waals surface area contributed by atoms with Crippen molar-refractivity contribution in [3.05, 3.63) is 46.3 Å². The Hall–Kier alpha value is -2.86. The van der Waals surface area contributed by atoms with Crippen LogP contribution in [-0.4, -0.2) is 16.7 Å². The predicted molar refractivity (Wildman–Crippen MR) is 92.7 cm³/mol. The summed E-state index contributed by atoms with van der Waals surface area (Å²) in [5.41, 5.74) is -0.0316. The first kappa shape index (κ1) is 20.5. The fourth-order valence-electron chi connectivity index (χ4n) is 1.92. The second-order valence-electron chi connectivity index (χ2n) is 6.53. The number of alkyl halides is 3. The molecule has 6 nitrogen and oxygen atoms in total. The maximum absolute atomic E-state index is 12.9. The van der Waals surface area contributed by atoms with Gasteiger partial charge in [0.15, 0.2) is 5.69 Å². The Bertz CT molecular complexity index is 937. The van der Waals surface area contributed by atoms with Gasteiger partial charge in [-0.1, -0.05) is 37.5 Å². The molecule has 0 saturated heterocycles. The number of hydrazone groups is 1. The minimum Gasteiger partial charge on any atom is -0.360 e. The number of carbonyl (C=O) groups excluding carboxylic acids is 1. The summed E-state index contributed by atoms with van der Waals surface area (Å²) in [7, 11) is 0. The molecule has 1 heterocycles. The number of ketones is 1. The molecular weight excluding hydrogens is 385 g/mol. The van der Waals surface area contributed by atoms with E-state index < -0.39 is 33.7 Å². The Kier molecular flexibility index (Phi) is 5.61. The fourth-order valence-corrected chi connectivity index (χ4v) is 2.14. The van der Waals surface area contributed by atoms with Crippen LogP contribution in [0.15, 0.2) is 33.9 Å². The van der Waals surface area contributed by atoms with Crippen molar-refractivity contribution < 1.29 is 22.5 Å². The number of carbonyl (C=O) groups is 1. The van der Waals surface area contributed by atoms with Crippen LogP contribution in [0.25, 0.3) is 0 Å². The molecule has 27 heavy (non-hydrogen) atoms. The highest BCUT2D eigenvalue weighted by molar-refractivity contribution is 6.51. The predicted octanol–water partition coefficient (Wildman–Crippen LogP) is 4.82. The van der Waals surface area contributed by atoms with Crippen LogP contribution in [0.1, 0.15) is 42.6 Å². The van der Waals surface area contributed by atoms with Crippen LogP contribution in [0.5, 0.6) is 0 Å². The van der Waals surface area contributed by atoms with Gasteiger partial charge in [0.2, 0.25) is 11.5 Å². The zero-order valence-corrected chi connectivity index (χ0v) is 15.2. The molecule has 0 unspecified atom stereocenters. The van der Waals surface area contributed by atoms with E-state index in [4.69, 9.17) is 21.4 Å². The van der Waals surface area contributed by atoms with Crippen LogP contribution in [0.4, 0.5) is 18.9 Å². The Morgan fingerprint density at radius 1 is 1.30 bits per heavy atom. The molecule has 0 amide bonds.